The first-order chi connectivity index (χ1) is 15.5. The standard InChI is InChI=1S/C26H28Cl3NO2.ClH/c1-3-8-24(19-9-6-5-7-10-19)30-16-18-13-23(29)26(25(14-18)31-4-2)32-17-20-11-12-21(27)15-22(20)28;/h5-7,9-15,24,30H,3-4,8,16-17H2,1-2H3;1H. The molecule has 0 heterocycles. The molecule has 7 heteroatoms. The molecule has 0 aliphatic rings. The predicted octanol–water partition coefficient (Wildman–Crippen LogP) is 8.68. The lowest BCUT2D eigenvalue weighted by atomic mass is 10.0. The summed E-state index contributed by atoms with van der Waals surface area (Å²) in [5.74, 6) is 1.13. The van der Waals surface area contributed by atoms with Gasteiger partial charge < -0.3 is 14.8 Å². The molecule has 0 fully saturated rings. The first kappa shape index (κ1) is 27.6. The lowest BCUT2D eigenvalue weighted by molar-refractivity contribution is 0.269. The molecule has 0 spiro atoms. The molecule has 178 valence electrons. The number of ether oxygens (including phenoxy) is 2. The Kier molecular flexibility index (Phi) is 11.7. The van der Waals surface area contributed by atoms with Crippen LogP contribution < -0.4 is 14.8 Å². The van der Waals surface area contributed by atoms with E-state index in [0.29, 0.717) is 39.7 Å². The molecular formula is C26H29Cl4NO2. The molecule has 0 saturated carbocycles. The van der Waals surface area contributed by atoms with Crippen molar-refractivity contribution in [3.05, 3.63) is 92.4 Å². The Morgan fingerprint density at radius 3 is 2.30 bits per heavy atom. The van der Waals surface area contributed by atoms with Gasteiger partial charge in [0.25, 0.3) is 0 Å². The van der Waals surface area contributed by atoms with Crippen molar-refractivity contribution in [1.82, 2.24) is 5.32 Å². The Labute approximate surface area is 217 Å². The summed E-state index contributed by atoms with van der Waals surface area (Å²) in [5.41, 5.74) is 3.14. The predicted molar refractivity (Wildman–Crippen MR) is 142 cm³/mol. The summed E-state index contributed by atoms with van der Waals surface area (Å²) in [6.45, 7) is 5.57. The van der Waals surface area contributed by atoms with E-state index >= 15 is 0 Å². The summed E-state index contributed by atoms with van der Waals surface area (Å²) in [7, 11) is 0. The van der Waals surface area contributed by atoms with Crippen molar-refractivity contribution in [3.8, 4) is 11.5 Å². The minimum atomic E-state index is 0. The van der Waals surface area contributed by atoms with Crippen molar-refractivity contribution in [3.63, 3.8) is 0 Å². The van der Waals surface area contributed by atoms with Crippen LogP contribution in [0.25, 0.3) is 0 Å². The van der Waals surface area contributed by atoms with Gasteiger partial charge in [0.15, 0.2) is 11.5 Å². The lowest BCUT2D eigenvalue weighted by Crippen LogP contribution is -2.21. The smallest absolute Gasteiger partial charge is 0.180 e. The fraction of sp³-hybridized carbons (Fsp3) is 0.308. The van der Waals surface area contributed by atoms with Crippen LogP contribution in [0.4, 0.5) is 0 Å². The maximum atomic E-state index is 6.61. The maximum absolute atomic E-state index is 6.61. The van der Waals surface area contributed by atoms with Crippen molar-refractivity contribution in [2.24, 2.45) is 0 Å². The minimum absolute atomic E-state index is 0. The molecule has 1 N–H and O–H groups in total. The molecule has 0 aliphatic carbocycles. The average molecular weight is 529 g/mol. The van der Waals surface area contributed by atoms with Crippen LogP contribution >= 0.6 is 47.2 Å². The first-order valence-corrected chi connectivity index (χ1v) is 12.0. The summed E-state index contributed by atoms with van der Waals surface area (Å²) < 4.78 is 11.9. The molecule has 0 bridgehead atoms. The third kappa shape index (κ3) is 7.98. The molecule has 3 nitrogen and oxygen atoms in total. The van der Waals surface area contributed by atoms with Crippen LogP contribution in [0.15, 0.2) is 60.7 Å². The molecule has 3 rings (SSSR count). The van der Waals surface area contributed by atoms with Gasteiger partial charge in [-0.05, 0) is 48.7 Å². The number of nitrogens with one attached hydrogen (secondary N) is 1. The Hall–Kier alpha value is -1.62. The molecule has 0 aliphatic heterocycles. The van der Waals surface area contributed by atoms with Crippen LogP contribution in [0.5, 0.6) is 11.5 Å². The second-order valence-electron chi connectivity index (χ2n) is 7.50. The van der Waals surface area contributed by atoms with Gasteiger partial charge >= 0.3 is 0 Å². The third-order valence-corrected chi connectivity index (χ3v) is 5.96. The number of hydrogen-bond acceptors (Lipinski definition) is 3. The molecule has 3 aromatic carbocycles. The molecular weight excluding hydrogens is 500 g/mol. The topological polar surface area (TPSA) is 30.5 Å². The van der Waals surface area contributed by atoms with E-state index in [0.717, 1.165) is 24.0 Å². The van der Waals surface area contributed by atoms with Crippen molar-refractivity contribution < 1.29 is 9.47 Å². The number of rotatable bonds is 11. The summed E-state index contributed by atoms with van der Waals surface area (Å²) in [5, 5.41) is 5.29. The van der Waals surface area contributed by atoms with E-state index in [2.05, 4.69) is 36.5 Å². The fourth-order valence-corrected chi connectivity index (χ4v) is 4.27. The van der Waals surface area contributed by atoms with Crippen molar-refractivity contribution in [2.45, 2.75) is 45.9 Å². The summed E-state index contributed by atoms with van der Waals surface area (Å²) >= 11 is 18.9. The van der Waals surface area contributed by atoms with Gasteiger partial charge in [-0.15, -0.1) is 12.4 Å². The summed E-state index contributed by atoms with van der Waals surface area (Å²) in [4.78, 5) is 0. The molecule has 33 heavy (non-hydrogen) atoms. The number of halogens is 4. The Morgan fingerprint density at radius 1 is 0.879 bits per heavy atom. The molecule has 0 aromatic heterocycles. The highest BCUT2D eigenvalue weighted by Crippen LogP contribution is 2.38. The van der Waals surface area contributed by atoms with Crippen LogP contribution in [0.3, 0.4) is 0 Å². The second kappa shape index (κ2) is 13.9. The number of benzene rings is 3. The fourth-order valence-electron chi connectivity index (χ4n) is 3.52. The molecule has 1 unspecified atom stereocenters. The largest absolute Gasteiger partial charge is 0.490 e. The van der Waals surface area contributed by atoms with E-state index in [1.807, 2.05) is 31.2 Å². The highest BCUT2D eigenvalue weighted by atomic mass is 35.5. The van der Waals surface area contributed by atoms with E-state index in [4.69, 9.17) is 44.3 Å². The molecule has 0 amide bonds. The summed E-state index contributed by atoms with van der Waals surface area (Å²) in [6, 6.07) is 20.0. The van der Waals surface area contributed by atoms with Crippen LogP contribution in [-0.2, 0) is 13.2 Å². The normalized spacial score (nSPS) is 11.5. The Bertz CT molecular complexity index is 1010. The van der Waals surface area contributed by atoms with Gasteiger partial charge in [0.2, 0.25) is 0 Å². The van der Waals surface area contributed by atoms with Gasteiger partial charge in [-0.3, -0.25) is 0 Å². The monoisotopic (exact) mass is 527 g/mol. The third-order valence-electron chi connectivity index (χ3n) is 5.09. The number of hydrogen-bond donors (Lipinski definition) is 1. The zero-order chi connectivity index (χ0) is 22.9. The van der Waals surface area contributed by atoms with Crippen molar-refractivity contribution in [2.75, 3.05) is 6.61 Å². The van der Waals surface area contributed by atoms with E-state index in [-0.39, 0.29) is 25.1 Å². The van der Waals surface area contributed by atoms with Gasteiger partial charge in [0.05, 0.1) is 11.6 Å². The Balaban J connectivity index is 0.00000385. The van der Waals surface area contributed by atoms with E-state index in [9.17, 15) is 0 Å². The van der Waals surface area contributed by atoms with Crippen LogP contribution in [0, 0.1) is 0 Å². The molecule has 3 aromatic rings. The highest BCUT2D eigenvalue weighted by molar-refractivity contribution is 6.35. The van der Waals surface area contributed by atoms with E-state index < -0.39 is 0 Å². The average Bonchev–Trinajstić information content (AvgIpc) is 2.78. The highest BCUT2D eigenvalue weighted by Gasteiger charge is 2.15. The van der Waals surface area contributed by atoms with E-state index in [1.54, 1.807) is 12.1 Å². The minimum Gasteiger partial charge on any atom is -0.490 e. The van der Waals surface area contributed by atoms with Gasteiger partial charge in [0.1, 0.15) is 6.61 Å². The molecule has 1 atom stereocenters. The lowest BCUT2D eigenvalue weighted by Gasteiger charge is -2.20. The summed E-state index contributed by atoms with van der Waals surface area (Å²) in [6.07, 6.45) is 2.15. The van der Waals surface area contributed by atoms with E-state index in [1.165, 1.54) is 5.56 Å². The Morgan fingerprint density at radius 2 is 1.64 bits per heavy atom. The maximum Gasteiger partial charge on any atom is 0.180 e. The van der Waals surface area contributed by atoms with Gasteiger partial charge in [-0.25, -0.2) is 0 Å². The van der Waals surface area contributed by atoms with Crippen molar-refractivity contribution in [1.29, 1.82) is 0 Å². The van der Waals surface area contributed by atoms with Gasteiger partial charge in [-0.1, -0.05) is 84.5 Å². The van der Waals surface area contributed by atoms with Crippen LogP contribution in [0.2, 0.25) is 15.1 Å². The molecule has 0 saturated heterocycles. The second-order valence-corrected chi connectivity index (χ2v) is 8.75. The van der Waals surface area contributed by atoms with Crippen LogP contribution in [0.1, 0.15) is 49.4 Å². The SMILES string of the molecule is CCCC(NCc1cc(Cl)c(OCc2ccc(Cl)cc2Cl)c(OCC)c1)c1ccccc1.Cl. The molecule has 0 radical (unpaired) electrons. The van der Waals surface area contributed by atoms with Gasteiger partial charge in [0, 0.05) is 28.2 Å². The first-order valence-electron chi connectivity index (χ1n) is 10.8. The van der Waals surface area contributed by atoms with Crippen molar-refractivity contribution >= 4 is 47.2 Å². The quantitative estimate of drug-likeness (QED) is 0.270. The van der Waals surface area contributed by atoms with Gasteiger partial charge in [-0.2, -0.15) is 0 Å². The zero-order valence-corrected chi connectivity index (χ0v) is 21.8. The zero-order valence-electron chi connectivity index (χ0n) is 18.7. The van der Waals surface area contributed by atoms with Crippen LogP contribution in [-0.4, -0.2) is 6.61 Å².